The summed E-state index contributed by atoms with van der Waals surface area (Å²) < 4.78 is 5.60. The van der Waals surface area contributed by atoms with Gasteiger partial charge in [-0.1, -0.05) is 25.1 Å². The molecule has 0 radical (unpaired) electrons. The van der Waals surface area contributed by atoms with Crippen molar-refractivity contribution in [3.63, 3.8) is 0 Å². The van der Waals surface area contributed by atoms with Gasteiger partial charge in [0.15, 0.2) is 11.5 Å². The number of anilines is 1. The number of aromatic nitrogens is 1. The molecular weight excluding hydrogens is 312 g/mol. The van der Waals surface area contributed by atoms with Crippen LogP contribution >= 0.6 is 0 Å². The third kappa shape index (κ3) is 3.43. The van der Waals surface area contributed by atoms with Crippen LogP contribution in [0.5, 0.6) is 0 Å². The molecule has 0 bridgehead atoms. The first-order valence-corrected chi connectivity index (χ1v) is 9.01. The minimum Gasteiger partial charge on any atom is -0.441 e. The molecule has 1 aromatic heterocycles. The number of aryl methyl sites for hydroxylation is 3. The Hall–Kier alpha value is -2.62. The van der Waals surface area contributed by atoms with Gasteiger partial charge in [0.25, 0.3) is 0 Å². The molecular formula is C21H22N2O2. The van der Waals surface area contributed by atoms with E-state index < -0.39 is 0 Å². The van der Waals surface area contributed by atoms with Crippen LogP contribution in [-0.2, 0) is 30.5 Å². The van der Waals surface area contributed by atoms with E-state index >= 15 is 0 Å². The molecule has 2 aromatic carbocycles. The van der Waals surface area contributed by atoms with Crippen molar-refractivity contribution >= 4 is 22.7 Å². The van der Waals surface area contributed by atoms with E-state index in [9.17, 15) is 4.79 Å². The molecule has 0 atom stereocenters. The second-order valence-electron chi connectivity index (χ2n) is 6.68. The second-order valence-corrected chi connectivity index (χ2v) is 6.68. The number of fused-ring (bicyclic) bond motifs is 2. The van der Waals surface area contributed by atoms with Crippen LogP contribution in [0, 0.1) is 0 Å². The monoisotopic (exact) mass is 334 g/mol. The fourth-order valence-corrected chi connectivity index (χ4v) is 3.49. The van der Waals surface area contributed by atoms with Gasteiger partial charge in [-0.2, -0.15) is 0 Å². The fraction of sp³-hybridized carbons (Fsp3) is 0.333. The Morgan fingerprint density at radius 1 is 1.12 bits per heavy atom. The zero-order valence-corrected chi connectivity index (χ0v) is 14.5. The molecule has 0 saturated heterocycles. The van der Waals surface area contributed by atoms with Gasteiger partial charge in [-0.25, -0.2) is 4.98 Å². The van der Waals surface area contributed by atoms with E-state index in [1.165, 1.54) is 30.4 Å². The lowest BCUT2D eigenvalue weighted by Crippen LogP contribution is -2.15. The first kappa shape index (κ1) is 15.9. The van der Waals surface area contributed by atoms with Crippen LogP contribution in [0.3, 0.4) is 0 Å². The number of hydrogen-bond donors (Lipinski definition) is 1. The van der Waals surface area contributed by atoms with Crippen LogP contribution in [0.25, 0.3) is 11.1 Å². The van der Waals surface area contributed by atoms with Crippen molar-refractivity contribution < 1.29 is 9.21 Å². The molecule has 4 nitrogen and oxygen atoms in total. The number of amides is 1. The lowest BCUT2D eigenvalue weighted by molar-refractivity contribution is -0.115. The topological polar surface area (TPSA) is 55.1 Å². The van der Waals surface area contributed by atoms with E-state index in [2.05, 4.69) is 28.5 Å². The standard InChI is InChI=1S/C21H22N2O2/c1-2-21-23-18-13-17(9-10-19(18)25-21)22-20(24)12-14-7-8-15-5-3-4-6-16(15)11-14/h7-11,13H,2-6,12H2,1H3,(H,22,24). The number of carbonyl (C=O) groups is 1. The molecule has 25 heavy (non-hydrogen) atoms. The van der Waals surface area contributed by atoms with Crippen LogP contribution in [0.1, 0.15) is 42.3 Å². The zero-order valence-electron chi connectivity index (χ0n) is 14.5. The molecule has 1 aliphatic rings. The summed E-state index contributed by atoms with van der Waals surface area (Å²) in [7, 11) is 0. The van der Waals surface area contributed by atoms with Crippen LogP contribution in [0.15, 0.2) is 40.8 Å². The Bertz CT molecular complexity index is 927. The van der Waals surface area contributed by atoms with Crippen LogP contribution < -0.4 is 5.32 Å². The SMILES string of the molecule is CCc1nc2cc(NC(=O)Cc3ccc4c(c3)CCCC4)ccc2o1. The molecule has 128 valence electrons. The molecule has 4 rings (SSSR count). The summed E-state index contributed by atoms with van der Waals surface area (Å²) in [6.45, 7) is 2.01. The van der Waals surface area contributed by atoms with E-state index in [0.29, 0.717) is 12.3 Å². The second kappa shape index (κ2) is 6.71. The maximum Gasteiger partial charge on any atom is 0.228 e. The van der Waals surface area contributed by atoms with Gasteiger partial charge >= 0.3 is 0 Å². The molecule has 4 heteroatoms. The van der Waals surface area contributed by atoms with E-state index in [1.807, 2.05) is 25.1 Å². The molecule has 0 saturated carbocycles. The maximum atomic E-state index is 12.4. The number of rotatable bonds is 4. The van der Waals surface area contributed by atoms with E-state index in [0.717, 1.165) is 35.2 Å². The van der Waals surface area contributed by atoms with Gasteiger partial charge in [0, 0.05) is 12.1 Å². The average molecular weight is 334 g/mol. The summed E-state index contributed by atoms with van der Waals surface area (Å²) >= 11 is 0. The van der Waals surface area contributed by atoms with Gasteiger partial charge < -0.3 is 9.73 Å². The number of benzene rings is 2. The van der Waals surface area contributed by atoms with Gasteiger partial charge in [0.1, 0.15) is 5.52 Å². The van der Waals surface area contributed by atoms with Crippen LogP contribution in [0.2, 0.25) is 0 Å². The zero-order chi connectivity index (χ0) is 17.2. The number of nitrogens with one attached hydrogen (secondary N) is 1. The summed E-state index contributed by atoms with van der Waals surface area (Å²) in [6, 6.07) is 12.0. The minimum atomic E-state index is -0.00526. The summed E-state index contributed by atoms with van der Waals surface area (Å²) in [4.78, 5) is 16.8. The van der Waals surface area contributed by atoms with Crippen molar-refractivity contribution in [3.8, 4) is 0 Å². The molecule has 1 amide bonds. The van der Waals surface area contributed by atoms with Gasteiger partial charge in [0.05, 0.1) is 6.42 Å². The largest absolute Gasteiger partial charge is 0.441 e. The minimum absolute atomic E-state index is 0.00526. The van der Waals surface area contributed by atoms with E-state index in [4.69, 9.17) is 4.42 Å². The fourth-order valence-electron chi connectivity index (χ4n) is 3.49. The molecule has 1 heterocycles. The summed E-state index contributed by atoms with van der Waals surface area (Å²) in [5.74, 6) is 0.710. The molecule has 0 aliphatic heterocycles. The van der Waals surface area contributed by atoms with Gasteiger partial charge in [-0.3, -0.25) is 4.79 Å². The number of nitrogens with zero attached hydrogens (tertiary/aromatic N) is 1. The van der Waals surface area contributed by atoms with E-state index in [1.54, 1.807) is 0 Å². The highest BCUT2D eigenvalue weighted by Gasteiger charge is 2.12. The lowest BCUT2D eigenvalue weighted by atomic mass is 9.90. The third-order valence-corrected chi connectivity index (χ3v) is 4.80. The third-order valence-electron chi connectivity index (χ3n) is 4.80. The normalized spacial score (nSPS) is 13.6. The Labute approximate surface area is 147 Å². The lowest BCUT2D eigenvalue weighted by Gasteiger charge is -2.16. The first-order valence-electron chi connectivity index (χ1n) is 9.01. The Morgan fingerprint density at radius 3 is 2.80 bits per heavy atom. The Morgan fingerprint density at radius 2 is 1.96 bits per heavy atom. The summed E-state index contributed by atoms with van der Waals surface area (Å²) in [5.41, 5.74) is 6.22. The van der Waals surface area contributed by atoms with Crippen molar-refractivity contribution in [2.75, 3.05) is 5.32 Å². The number of oxazole rings is 1. The van der Waals surface area contributed by atoms with Crippen LogP contribution in [-0.4, -0.2) is 10.9 Å². The highest BCUT2D eigenvalue weighted by atomic mass is 16.3. The molecule has 0 fully saturated rings. The first-order chi connectivity index (χ1) is 12.2. The van der Waals surface area contributed by atoms with Crippen molar-refractivity contribution in [3.05, 3.63) is 59.0 Å². The smallest absolute Gasteiger partial charge is 0.228 e. The number of hydrogen-bond acceptors (Lipinski definition) is 3. The van der Waals surface area contributed by atoms with Crippen molar-refractivity contribution in [1.29, 1.82) is 0 Å². The number of carbonyl (C=O) groups excluding carboxylic acids is 1. The molecule has 0 spiro atoms. The van der Waals surface area contributed by atoms with Crippen molar-refractivity contribution in [2.24, 2.45) is 0 Å². The van der Waals surface area contributed by atoms with Crippen molar-refractivity contribution in [2.45, 2.75) is 45.4 Å². The highest BCUT2D eigenvalue weighted by molar-refractivity contribution is 5.94. The Kier molecular flexibility index (Phi) is 4.26. The highest BCUT2D eigenvalue weighted by Crippen LogP contribution is 2.23. The van der Waals surface area contributed by atoms with E-state index in [-0.39, 0.29) is 5.91 Å². The average Bonchev–Trinajstić information content (AvgIpc) is 3.04. The predicted molar refractivity (Wildman–Crippen MR) is 98.8 cm³/mol. The Balaban J connectivity index is 1.46. The van der Waals surface area contributed by atoms with Crippen molar-refractivity contribution in [1.82, 2.24) is 4.98 Å². The molecule has 3 aromatic rings. The van der Waals surface area contributed by atoms with Gasteiger partial charge in [-0.15, -0.1) is 0 Å². The van der Waals surface area contributed by atoms with Crippen LogP contribution in [0.4, 0.5) is 5.69 Å². The molecule has 0 unspecified atom stereocenters. The predicted octanol–water partition coefficient (Wildman–Crippen LogP) is 4.45. The summed E-state index contributed by atoms with van der Waals surface area (Å²) in [5, 5.41) is 2.97. The van der Waals surface area contributed by atoms with Gasteiger partial charge in [0.2, 0.25) is 5.91 Å². The van der Waals surface area contributed by atoms with Gasteiger partial charge in [-0.05, 0) is 60.6 Å². The maximum absolute atomic E-state index is 12.4. The molecule has 1 N–H and O–H groups in total. The quantitative estimate of drug-likeness (QED) is 0.767. The summed E-state index contributed by atoms with van der Waals surface area (Å²) in [6.07, 6.45) is 5.98. The molecule has 1 aliphatic carbocycles.